The Hall–Kier alpha value is -3.48. The van der Waals surface area contributed by atoms with Gasteiger partial charge in [-0.3, -0.25) is 4.31 Å². The number of para-hydroxylation sites is 1. The summed E-state index contributed by atoms with van der Waals surface area (Å²) in [7, 11) is -3.65. The van der Waals surface area contributed by atoms with Gasteiger partial charge < -0.3 is 0 Å². The van der Waals surface area contributed by atoms with Crippen LogP contribution in [0, 0.1) is 0 Å². The molecule has 0 fully saturated rings. The van der Waals surface area contributed by atoms with Crippen LogP contribution in [-0.2, 0) is 16.6 Å². The maximum absolute atomic E-state index is 13.4. The lowest BCUT2D eigenvalue weighted by Crippen LogP contribution is -2.30. The Morgan fingerprint density at radius 3 is 2.00 bits per heavy atom. The number of benzene rings is 4. The molecular weight excluding hydrogens is 520 g/mol. The largest absolute Gasteiger partial charge is 0.265 e. The highest BCUT2D eigenvalue weighted by Crippen LogP contribution is 2.44. The molecule has 0 N–H and O–H groups in total. The number of halogens is 1. The minimum absolute atomic E-state index is 0.214. The second kappa shape index (κ2) is 9.64. The summed E-state index contributed by atoms with van der Waals surface area (Å²) < 4.78 is 29.2. The molecule has 0 unspecified atom stereocenters. The second-order valence-electron chi connectivity index (χ2n) is 8.33. The third-order valence-corrected chi connectivity index (χ3v) is 7.50. The Morgan fingerprint density at radius 1 is 0.743 bits per heavy atom. The van der Waals surface area contributed by atoms with Gasteiger partial charge in [0, 0.05) is 21.0 Å². The average Bonchev–Trinajstić information content (AvgIpc) is 2.87. The fraction of sp³-hybridized carbons (Fsp3) is 0.0690. The van der Waals surface area contributed by atoms with Crippen LogP contribution in [0.3, 0.4) is 0 Å². The van der Waals surface area contributed by atoms with Gasteiger partial charge in [0.2, 0.25) is 10.0 Å². The van der Waals surface area contributed by atoms with Crippen molar-refractivity contribution in [2.75, 3.05) is 10.6 Å². The van der Waals surface area contributed by atoms with Crippen LogP contribution in [-0.4, -0.2) is 19.7 Å². The SMILES string of the molecule is CS(=O)(=O)N(Cc1ccccc1)c1c(-c2ccc(Br)cc2)c(-c2ccccc2)nc2ccccc12. The lowest BCUT2D eigenvalue weighted by molar-refractivity contribution is 0.596. The Balaban J connectivity index is 1.91. The molecule has 0 saturated carbocycles. The van der Waals surface area contributed by atoms with Crippen molar-refractivity contribution < 1.29 is 8.42 Å². The lowest BCUT2D eigenvalue weighted by atomic mass is 9.95. The quantitative estimate of drug-likeness (QED) is 0.226. The van der Waals surface area contributed by atoms with Crippen LogP contribution in [0.1, 0.15) is 5.56 Å². The summed E-state index contributed by atoms with van der Waals surface area (Å²) in [5.41, 5.74) is 5.61. The molecule has 0 aliphatic heterocycles. The van der Waals surface area contributed by atoms with Gasteiger partial charge in [0.05, 0.1) is 29.7 Å². The van der Waals surface area contributed by atoms with Crippen LogP contribution in [0.2, 0.25) is 0 Å². The van der Waals surface area contributed by atoms with Gasteiger partial charge in [0.25, 0.3) is 0 Å². The molecule has 5 rings (SSSR count). The molecule has 35 heavy (non-hydrogen) atoms. The predicted molar refractivity (Wildman–Crippen MR) is 148 cm³/mol. The highest BCUT2D eigenvalue weighted by molar-refractivity contribution is 9.10. The monoisotopic (exact) mass is 542 g/mol. The van der Waals surface area contributed by atoms with E-state index in [-0.39, 0.29) is 6.54 Å². The fourth-order valence-corrected chi connectivity index (χ4v) is 5.43. The van der Waals surface area contributed by atoms with Gasteiger partial charge >= 0.3 is 0 Å². The molecular formula is C29H23BrN2O2S. The second-order valence-corrected chi connectivity index (χ2v) is 11.2. The van der Waals surface area contributed by atoms with E-state index in [4.69, 9.17) is 4.98 Å². The van der Waals surface area contributed by atoms with Gasteiger partial charge in [-0.1, -0.05) is 107 Å². The van der Waals surface area contributed by atoms with Gasteiger partial charge in [-0.25, -0.2) is 13.4 Å². The van der Waals surface area contributed by atoms with Crippen LogP contribution >= 0.6 is 15.9 Å². The molecule has 4 nitrogen and oxygen atoms in total. The minimum atomic E-state index is -3.65. The van der Waals surface area contributed by atoms with Crippen LogP contribution in [0.25, 0.3) is 33.3 Å². The van der Waals surface area contributed by atoms with Gasteiger partial charge in [-0.2, -0.15) is 0 Å². The average molecular weight is 543 g/mol. The number of rotatable bonds is 6. The maximum atomic E-state index is 13.4. The number of aromatic nitrogens is 1. The minimum Gasteiger partial charge on any atom is -0.265 e. The highest BCUT2D eigenvalue weighted by atomic mass is 79.9. The summed E-state index contributed by atoms with van der Waals surface area (Å²) >= 11 is 3.52. The van der Waals surface area contributed by atoms with Crippen LogP contribution in [0.4, 0.5) is 5.69 Å². The molecule has 4 aromatic carbocycles. The molecule has 1 aromatic heterocycles. The van der Waals surface area contributed by atoms with Crippen molar-refractivity contribution in [1.82, 2.24) is 4.98 Å². The number of anilines is 1. The van der Waals surface area contributed by atoms with E-state index in [1.54, 1.807) is 0 Å². The van der Waals surface area contributed by atoms with Crippen molar-refractivity contribution in [2.45, 2.75) is 6.54 Å². The summed E-state index contributed by atoms with van der Waals surface area (Å²) in [6, 6.07) is 35.2. The predicted octanol–water partition coefficient (Wildman–Crippen LogP) is 7.30. The summed E-state index contributed by atoms with van der Waals surface area (Å²) in [4.78, 5) is 5.04. The van der Waals surface area contributed by atoms with E-state index >= 15 is 0 Å². The van der Waals surface area contributed by atoms with Crippen LogP contribution in [0.5, 0.6) is 0 Å². The number of nitrogens with zero attached hydrogens (tertiary/aromatic N) is 2. The first-order chi connectivity index (χ1) is 16.9. The topological polar surface area (TPSA) is 50.3 Å². The molecule has 0 spiro atoms. The Morgan fingerprint density at radius 2 is 1.34 bits per heavy atom. The van der Waals surface area contributed by atoms with Crippen molar-refractivity contribution in [3.63, 3.8) is 0 Å². The van der Waals surface area contributed by atoms with Crippen molar-refractivity contribution in [2.24, 2.45) is 0 Å². The molecule has 174 valence electrons. The number of hydrogen-bond acceptors (Lipinski definition) is 3. The standard InChI is InChI=1S/C29H23BrN2O2S/c1-35(33,34)32(20-21-10-4-2-5-11-21)29-25-14-8-9-15-26(25)31-28(23-12-6-3-7-13-23)27(29)22-16-18-24(30)19-17-22/h2-19H,20H2,1H3. The van der Waals surface area contributed by atoms with Crippen LogP contribution in [0.15, 0.2) is 114 Å². The molecule has 5 aromatic rings. The fourth-order valence-electron chi connectivity index (χ4n) is 4.26. The molecule has 0 saturated heterocycles. The normalized spacial score (nSPS) is 11.5. The molecule has 6 heteroatoms. The van der Waals surface area contributed by atoms with Crippen molar-refractivity contribution in [3.8, 4) is 22.4 Å². The van der Waals surface area contributed by atoms with Gasteiger partial charge in [0.1, 0.15) is 0 Å². The zero-order chi connectivity index (χ0) is 24.4. The number of sulfonamides is 1. The van der Waals surface area contributed by atoms with Gasteiger partial charge in [-0.15, -0.1) is 0 Å². The van der Waals surface area contributed by atoms with E-state index in [2.05, 4.69) is 15.9 Å². The summed E-state index contributed by atoms with van der Waals surface area (Å²) in [5.74, 6) is 0. The van der Waals surface area contributed by atoms with Crippen molar-refractivity contribution in [3.05, 3.63) is 119 Å². The summed E-state index contributed by atoms with van der Waals surface area (Å²) in [6.07, 6.45) is 1.26. The van der Waals surface area contributed by atoms with Gasteiger partial charge in [0.15, 0.2) is 0 Å². The van der Waals surface area contributed by atoms with Gasteiger partial charge in [-0.05, 0) is 29.3 Å². The zero-order valence-corrected chi connectivity index (χ0v) is 21.5. The first-order valence-electron chi connectivity index (χ1n) is 11.2. The van der Waals surface area contributed by atoms with E-state index in [0.29, 0.717) is 5.69 Å². The Kier molecular flexibility index (Phi) is 6.41. The molecule has 0 amide bonds. The van der Waals surface area contributed by atoms with E-state index in [1.807, 2.05) is 109 Å². The first-order valence-corrected chi connectivity index (χ1v) is 13.8. The summed E-state index contributed by atoms with van der Waals surface area (Å²) in [6.45, 7) is 0.214. The first kappa shape index (κ1) is 23.3. The zero-order valence-electron chi connectivity index (χ0n) is 19.1. The molecule has 0 aliphatic rings. The lowest BCUT2D eigenvalue weighted by Gasteiger charge is -2.28. The molecule has 1 heterocycles. The van der Waals surface area contributed by atoms with Crippen molar-refractivity contribution in [1.29, 1.82) is 0 Å². The third-order valence-electron chi connectivity index (χ3n) is 5.86. The number of hydrogen-bond donors (Lipinski definition) is 0. The Bertz CT molecular complexity index is 1590. The number of fused-ring (bicyclic) bond motifs is 1. The maximum Gasteiger partial charge on any atom is 0.232 e. The third kappa shape index (κ3) is 4.85. The van der Waals surface area contributed by atoms with E-state index in [9.17, 15) is 8.42 Å². The van der Waals surface area contributed by atoms with Crippen molar-refractivity contribution >= 4 is 42.5 Å². The molecule has 0 radical (unpaired) electrons. The van der Waals surface area contributed by atoms with E-state index in [0.717, 1.165) is 43.3 Å². The molecule has 0 bridgehead atoms. The van der Waals surface area contributed by atoms with E-state index < -0.39 is 10.0 Å². The summed E-state index contributed by atoms with van der Waals surface area (Å²) in [5, 5.41) is 0.784. The smallest absolute Gasteiger partial charge is 0.232 e. The molecule has 0 atom stereocenters. The Labute approximate surface area is 214 Å². The number of pyridine rings is 1. The highest BCUT2D eigenvalue weighted by Gasteiger charge is 2.27. The van der Waals surface area contributed by atoms with Crippen LogP contribution < -0.4 is 4.31 Å². The molecule has 0 aliphatic carbocycles. The van der Waals surface area contributed by atoms with E-state index in [1.165, 1.54) is 10.6 Å².